The zero-order chi connectivity index (χ0) is 22.1. The molecule has 2 aromatic rings. The lowest BCUT2D eigenvalue weighted by atomic mass is 10.1. The summed E-state index contributed by atoms with van der Waals surface area (Å²) in [6.45, 7) is 2.92. The van der Waals surface area contributed by atoms with Gasteiger partial charge in [0.25, 0.3) is 0 Å². The monoisotopic (exact) mass is 434 g/mol. The summed E-state index contributed by atoms with van der Waals surface area (Å²) in [5.41, 5.74) is 0.593. The van der Waals surface area contributed by atoms with Gasteiger partial charge in [0.1, 0.15) is 27.5 Å². The van der Waals surface area contributed by atoms with E-state index in [1.165, 1.54) is 26.0 Å². The summed E-state index contributed by atoms with van der Waals surface area (Å²) < 4.78 is 36.6. The highest BCUT2D eigenvalue weighted by Gasteiger charge is 2.35. The minimum absolute atomic E-state index is 0.0361. The van der Waals surface area contributed by atoms with Gasteiger partial charge in [0.2, 0.25) is 9.84 Å². The van der Waals surface area contributed by atoms with Crippen LogP contribution in [0.2, 0.25) is 0 Å². The van der Waals surface area contributed by atoms with Crippen molar-refractivity contribution in [3.8, 4) is 11.5 Å². The van der Waals surface area contributed by atoms with Crippen LogP contribution in [0.25, 0.3) is 0 Å². The average molecular weight is 434 g/mol. The maximum Gasteiger partial charge on any atom is 0.343 e. The Hall–Kier alpha value is -3.07. The second kappa shape index (κ2) is 8.35. The van der Waals surface area contributed by atoms with Gasteiger partial charge in [-0.05, 0) is 62.4 Å². The van der Waals surface area contributed by atoms with Crippen LogP contribution in [0.1, 0.15) is 52.1 Å². The SMILES string of the molecule is CCOC(=O)c1cc(O)c(C(=O)OCC)c(S(=O)(=O)c2ccc3c(c2)CCC3)c1O. The number of phenols is 2. The first kappa shape index (κ1) is 21.6. The second-order valence-corrected chi connectivity index (χ2v) is 8.61. The van der Waals surface area contributed by atoms with Crippen molar-refractivity contribution >= 4 is 21.8 Å². The number of phenolic OH excluding ortho intramolecular Hbond substituents is 2. The van der Waals surface area contributed by atoms with Crippen LogP contribution < -0.4 is 0 Å². The molecule has 8 nitrogen and oxygen atoms in total. The van der Waals surface area contributed by atoms with Gasteiger partial charge >= 0.3 is 11.9 Å². The zero-order valence-corrected chi connectivity index (χ0v) is 17.4. The number of rotatable bonds is 6. The third-order valence-corrected chi connectivity index (χ3v) is 6.67. The number of fused-ring (bicyclic) bond motifs is 1. The van der Waals surface area contributed by atoms with Crippen LogP contribution >= 0.6 is 0 Å². The van der Waals surface area contributed by atoms with E-state index in [-0.39, 0.29) is 18.1 Å². The number of esters is 2. The molecule has 0 bridgehead atoms. The third-order valence-electron chi connectivity index (χ3n) is 4.86. The molecule has 30 heavy (non-hydrogen) atoms. The van der Waals surface area contributed by atoms with E-state index in [1.54, 1.807) is 6.07 Å². The first-order valence-corrected chi connectivity index (χ1v) is 11.0. The van der Waals surface area contributed by atoms with E-state index in [0.29, 0.717) is 6.42 Å². The van der Waals surface area contributed by atoms with Crippen LogP contribution in [0.3, 0.4) is 0 Å². The van der Waals surface area contributed by atoms with Crippen molar-refractivity contribution < 1.29 is 37.7 Å². The van der Waals surface area contributed by atoms with E-state index < -0.39 is 49.3 Å². The smallest absolute Gasteiger partial charge is 0.343 e. The molecule has 0 aromatic heterocycles. The summed E-state index contributed by atoms with van der Waals surface area (Å²) in [6, 6.07) is 5.34. The topological polar surface area (TPSA) is 127 Å². The van der Waals surface area contributed by atoms with Gasteiger partial charge in [-0.2, -0.15) is 0 Å². The summed E-state index contributed by atoms with van der Waals surface area (Å²) in [4.78, 5) is 23.6. The number of benzene rings is 2. The van der Waals surface area contributed by atoms with Gasteiger partial charge in [0.15, 0.2) is 0 Å². The van der Waals surface area contributed by atoms with E-state index in [1.807, 2.05) is 0 Å². The van der Waals surface area contributed by atoms with E-state index in [4.69, 9.17) is 9.47 Å². The van der Waals surface area contributed by atoms with Crippen LogP contribution in [0.15, 0.2) is 34.1 Å². The first-order valence-electron chi connectivity index (χ1n) is 9.52. The van der Waals surface area contributed by atoms with Gasteiger partial charge < -0.3 is 19.7 Å². The van der Waals surface area contributed by atoms with E-state index in [0.717, 1.165) is 30.0 Å². The molecular formula is C21H22O8S. The molecule has 0 atom stereocenters. The van der Waals surface area contributed by atoms with Crippen molar-refractivity contribution in [3.05, 3.63) is 46.5 Å². The number of carbonyl (C=O) groups excluding carboxylic acids is 2. The summed E-state index contributed by atoms with van der Waals surface area (Å²) in [7, 11) is -4.50. The van der Waals surface area contributed by atoms with Crippen molar-refractivity contribution in [2.24, 2.45) is 0 Å². The molecular weight excluding hydrogens is 412 g/mol. The number of aryl methyl sites for hydroxylation is 2. The molecule has 1 aliphatic rings. The highest BCUT2D eigenvalue weighted by atomic mass is 32.2. The lowest BCUT2D eigenvalue weighted by molar-refractivity contribution is 0.0500. The van der Waals surface area contributed by atoms with Gasteiger partial charge in [-0.3, -0.25) is 0 Å². The zero-order valence-electron chi connectivity index (χ0n) is 16.6. The Morgan fingerprint density at radius 1 is 0.967 bits per heavy atom. The third kappa shape index (κ3) is 3.72. The van der Waals surface area contributed by atoms with E-state index in [9.17, 15) is 28.2 Å². The average Bonchev–Trinajstić information content (AvgIpc) is 3.17. The Kier molecular flexibility index (Phi) is 6.02. The number of sulfone groups is 1. The Bertz CT molecular complexity index is 1120. The van der Waals surface area contributed by atoms with Crippen LogP contribution in [0, 0.1) is 0 Å². The van der Waals surface area contributed by atoms with Crippen molar-refractivity contribution in [2.45, 2.75) is 42.9 Å². The van der Waals surface area contributed by atoms with Crippen LogP contribution in [0.4, 0.5) is 0 Å². The van der Waals surface area contributed by atoms with Gasteiger partial charge in [-0.25, -0.2) is 18.0 Å². The normalized spacial score (nSPS) is 13.0. The fourth-order valence-corrected chi connectivity index (χ4v) is 5.10. The van der Waals surface area contributed by atoms with Gasteiger partial charge in [-0.15, -0.1) is 0 Å². The van der Waals surface area contributed by atoms with Gasteiger partial charge in [0.05, 0.1) is 18.1 Å². The molecule has 0 heterocycles. The standard InChI is InChI=1S/C21H22O8S/c1-3-28-20(24)15-11-16(22)17(21(25)29-4-2)19(18(15)23)30(26,27)14-9-8-12-6-5-7-13(12)10-14/h8-11,22-23H,3-7H2,1-2H3. The predicted octanol–water partition coefficient (Wildman–Crippen LogP) is 2.77. The maximum absolute atomic E-state index is 13.4. The molecule has 2 N–H and O–H groups in total. The van der Waals surface area contributed by atoms with Crippen LogP contribution in [-0.2, 0) is 32.2 Å². The summed E-state index contributed by atoms with van der Waals surface area (Å²) in [6.07, 6.45) is 2.45. The molecule has 0 saturated carbocycles. The molecule has 160 valence electrons. The number of hydrogen-bond donors (Lipinski definition) is 2. The number of ether oxygens (including phenoxy) is 2. The predicted molar refractivity (Wildman–Crippen MR) is 106 cm³/mol. The lowest BCUT2D eigenvalue weighted by Crippen LogP contribution is -2.16. The molecule has 0 radical (unpaired) electrons. The number of carbonyl (C=O) groups is 2. The summed E-state index contributed by atoms with van der Waals surface area (Å²) in [5, 5.41) is 21.1. The molecule has 2 aromatic carbocycles. The molecule has 0 amide bonds. The molecule has 0 saturated heterocycles. The molecule has 1 aliphatic carbocycles. The highest BCUT2D eigenvalue weighted by Crippen LogP contribution is 2.41. The minimum Gasteiger partial charge on any atom is -0.507 e. The quantitative estimate of drug-likeness (QED) is 0.525. The van der Waals surface area contributed by atoms with Crippen LogP contribution in [-0.4, -0.2) is 43.8 Å². The number of aromatic hydroxyl groups is 2. The fourth-order valence-electron chi connectivity index (χ4n) is 3.49. The fraction of sp³-hybridized carbons (Fsp3) is 0.333. The van der Waals surface area contributed by atoms with Crippen molar-refractivity contribution in [3.63, 3.8) is 0 Å². The minimum atomic E-state index is -4.50. The Morgan fingerprint density at radius 2 is 1.60 bits per heavy atom. The largest absolute Gasteiger partial charge is 0.507 e. The van der Waals surface area contributed by atoms with Gasteiger partial charge in [0, 0.05) is 0 Å². The molecule has 0 unspecified atom stereocenters. The Morgan fingerprint density at radius 3 is 2.27 bits per heavy atom. The molecule has 0 spiro atoms. The number of hydrogen-bond acceptors (Lipinski definition) is 8. The van der Waals surface area contributed by atoms with Crippen LogP contribution in [0.5, 0.6) is 11.5 Å². The highest BCUT2D eigenvalue weighted by molar-refractivity contribution is 7.91. The Labute approximate surface area is 174 Å². The summed E-state index contributed by atoms with van der Waals surface area (Å²) in [5.74, 6) is -3.96. The molecule has 0 aliphatic heterocycles. The summed E-state index contributed by atoms with van der Waals surface area (Å²) >= 11 is 0. The second-order valence-electron chi connectivity index (χ2n) is 6.72. The van der Waals surface area contributed by atoms with Gasteiger partial charge in [-0.1, -0.05) is 6.07 Å². The lowest BCUT2D eigenvalue weighted by Gasteiger charge is -2.16. The van der Waals surface area contributed by atoms with Crippen molar-refractivity contribution in [2.75, 3.05) is 13.2 Å². The van der Waals surface area contributed by atoms with Crippen molar-refractivity contribution in [1.29, 1.82) is 0 Å². The molecule has 0 fully saturated rings. The molecule has 9 heteroatoms. The van der Waals surface area contributed by atoms with Crippen molar-refractivity contribution in [1.82, 2.24) is 0 Å². The van der Waals surface area contributed by atoms with E-state index in [2.05, 4.69) is 0 Å². The first-order chi connectivity index (χ1) is 14.2. The van der Waals surface area contributed by atoms with E-state index >= 15 is 0 Å². The maximum atomic E-state index is 13.4. The Balaban J connectivity index is 2.29. The molecule has 3 rings (SSSR count).